The van der Waals surface area contributed by atoms with Gasteiger partial charge in [-0.05, 0) is 47.5 Å². The Kier molecular flexibility index (Phi) is 7.21. The van der Waals surface area contributed by atoms with Crippen molar-refractivity contribution in [2.24, 2.45) is 0 Å². The topological polar surface area (TPSA) is 84.9 Å². The molecule has 4 rings (SSSR count). The largest absolute Gasteiger partial charge is 0.493 e. The fourth-order valence-electron chi connectivity index (χ4n) is 3.53. The third kappa shape index (κ3) is 5.59. The third-order valence-corrected chi connectivity index (χ3v) is 5.67. The van der Waals surface area contributed by atoms with Crippen molar-refractivity contribution < 1.29 is 37.0 Å². The molecule has 0 spiro atoms. The van der Waals surface area contributed by atoms with Crippen LogP contribution in [0.5, 0.6) is 11.5 Å². The quantitative estimate of drug-likeness (QED) is 0.331. The number of carbonyl (C=O) groups is 3. The van der Waals surface area contributed by atoms with E-state index < -0.39 is 40.8 Å². The Hall–Kier alpha value is -4.31. The van der Waals surface area contributed by atoms with E-state index in [1.165, 1.54) is 19.3 Å². The van der Waals surface area contributed by atoms with E-state index in [-0.39, 0.29) is 11.6 Å². The van der Waals surface area contributed by atoms with Gasteiger partial charge in [-0.2, -0.15) is 13.2 Å². The first kappa shape index (κ1) is 25.8. The molecule has 0 aliphatic carbocycles. The molecule has 0 unspecified atom stereocenters. The molecule has 37 heavy (non-hydrogen) atoms. The molecule has 0 radical (unpaired) electrons. The number of nitrogens with one attached hydrogen (secondary N) is 1. The zero-order chi connectivity index (χ0) is 26.7. The van der Waals surface area contributed by atoms with Gasteiger partial charge in [-0.25, -0.2) is 9.69 Å². The zero-order valence-corrected chi connectivity index (χ0v) is 19.9. The van der Waals surface area contributed by atoms with E-state index >= 15 is 0 Å². The van der Waals surface area contributed by atoms with Crippen LogP contribution in [0.3, 0.4) is 0 Å². The van der Waals surface area contributed by atoms with Gasteiger partial charge in [0.1, 0.15) is 12.2 Å². The Bertz CT molecular complexity index is 1410. The number of hydrogen-bond donors (Lipinski definition) is 1. The van der Waals surface area contributed by atoms with E-state index in [1.54, 1.807) is 12.1 Å². The summed E-state index contributed by atoms with van der Waals surface area (Å²) >= 11 is 6.01. The van der Waals surface area contributed by atoms with Crippen molar-refractivity contribution in [2.75, 3.05) is 12.0 Å². The monoisotopic (exact) mass is 530 g/mol. The van der Waals surface area contributed by atoms with Gasteiger partial charge in [0.05, 0.1) is 23.4 Å². The van der Waals surface area contributed by atoms with Gasteiger partial charge in [0.2, 0.25) is 0 Å². The third-order valence-electron chi connectivity index (χ3n) is 5.35. The summed E-state index contributed by atoms with van der Waals surface area (Å²) in [7, 11) is 1.41. The number of halogens is 4. The van der Waals surface area contributed by atoms with Gasteiger partial charge >= 0.3 is 12.2 Å². The Morgan fingerprint density at radius 3 is 2.38 bits per heavy atom. The maximum absolute atomic E-state index is 13.2. The average molecular weight is 531 g/mol. The second-order valence-corrected chi connectivity index (χ2v) is 8.21. The van der Waals surface area contributed by atoms with Gasteiger partial charge in [-0.1, -0.05) is 48.0 Å². The normalized spacial score (nSPS) is 15.1. The van der Waals surface area contributed by atoms with Crippen molar-refractivity contribution in [1.82, 2.24) is 5.32 Å². The molecular formula is C26H18ClF3N2O5. The second-order valence-electron chi connectivity index (χ2n) is 7.81. The molecule has 0 atom stereocenters. The first-order chi connectivity index (χ1) is 17.6. The van der Waals surface area contributed by atoms with Crippen LogP contribution in [0, 0.1) is 0 Å². The van der Waals surface area contributed by atoms with Crippen LogP contribution in [-0.4, -0.2) is 25.0 Å². The molecule has 11 heteroatoms. The van der Waals surface area contributed by atoms with Crippen molar-refractivity contribution in [3.05, 3.63) is 94.0 Å². The molecule has 1 aliphatic heterocycles. The lowest BCUT2D eigenvalue weighted by Gasteiger charge is -2.27. The van der Waals surface area contributed by atoms with Gasteiger partial charge in [0.15, 0.2) is 11.5 Å². The van der Waals surface area contributed by atoms with Crippen LogP contribution in [0.1, 0.15) is 16.7 Å². The summed E-state index contributed by atoms with van der Waals surface area (Å²) in [4.78, 5) is 38.4. The minimum atomic E-state index is -4.75. The van der Waals surface area contributed by atoms with E-state index in [2.05, 4.69) is 0 Å². The van der Waals surface area contributed by atoms with E-state index in [0.717, 1.165) is 11.6 Å². The molecule has 0 bridgehead atoms. The molecule has 7 nitrogen and oxygen atoms in total. The number of rotatable bonds is 6. The van der Waals surface area contributed by atoms with E-state index in [9.17, 15) is 27.6 Å². The Balaban J connectivity index is 1.65. The van der Waals surface area contributed by atoms with Gasteiger partial charge in [0, 0.05) is 0 Å². The molecule has 190 valence electrons. The van der Waals surface area contributed by atoms with Gasteiger partial charge in [0.25, 0.3) is 11.8 Å². The van der Waals surface area contributed by atoms with Crippen molar-refractivity contribution in [3.8, 4) is 11.5 Å². The molecule has 3 aromatic rings. The number of anilines is 1. The highest BCUT2D eigenvalue weighted by Gasteiger charge is 2.39. The fourth-order valence-corrected chi connectivity index (χ4v) is 3.73. The molecule has 1 aliphatic rings. The SMILES string of the molecule is COc1cc(/C=C2\C(=O)NC(=O)N(c3cc(C(F)(F)F)ccc3Cl)C2=O)ccc1OCc1ccccc1. The van der Waals surface area contributed by atoms with Crippen LogP contribution >= 0.6 is 11.6 Å². The standard InChI is InChI=1S/C26H18ClF3N2O5/c1-36-22-12-16(7-10-21(22)37-14-15-5-3-2-4-6-15)11-18-23(33)31-25(35)32(24(18)34)20-13-17(26(28,29)30)8-9-19(20)27/h2-13H,14H2,1H3,(H,31,33,35)/b18-11+. The van der Waals surface area contributed by atoms with Crippen molar-refractivity contribution in [1.29, 1.82) is 0 Å². The number of benzene rings is 3. The lowest BCUT2D eigenvalue weighted by Crippen LogP contribution is -2.54. The summed E-state index contributed by atoms with van der Waals surface area (Å²) in [6.07, 6.45) is -3.56. The molecule has 1 heterocycles. The number of methoxy groups -OCH3 is 1. The smallest absolute Gasteiger partial charge is 0.416 e. The van der Waals surface area contributed by atoms with Crippen molar-refractivity contribution in [3.63, 3.8) is 0 Å². The van der Waals surface area contributed by atoms with Crippen LogP contribution in [0.2, 0.25) is 5.02 Å². The number of carbonyl (C=O) groups excluding carboxylic acids is 3. The number of nitrogens with zero attached hydrogens (tertiary/aromatic N) is 1. The Labute approximate surface area is 214 Å². The number of ether oxygens (including phenoxy) is 2. The molecule has 0 aromatic heterocycles. The number of amides is 4. The van der Waals surface area contributed by atoms with Crippen LogP contribution in [0.25, 0.3) is 6.08 Å². The van der Waals surface area contributed by atoms with Crippen molar-refractivity contribution >= 4 is 41.2 Å². The van der Waals surface area contributed by atoms with Crippen LogP contribution < -0.4 is 19.7 Å². The predicted molar refractivity (Wildman–Crippen MR) is 129 cm³/mol. The average Bonchev–Trinajstić information content (AvgIpc) is 2.86. The molecule has 1 fully saturated rings. The van der Waals surface area contributed by atoms with Crippen LogP contribution in [0.15, 0.2) is 72.3 Å². The van der Waals surface area contributed by atoms with E-state index in [1.807, 2.05) is 35.6 Å². The van der Waals surface area contributed by atoms with E-state index in [4.69, 9.17) is 21.1 Å². The number of imide groups is 2. The van der Waals surface area contributed by atoms with Gasteiger partial charge in [-0.15, -0.1) is 0 Å². The molecule has 0 saturated carbocycles. The minimum Gasteiger partial charge on any atom is -0.493 e. The predicted octanol–water partition coefficient (Wildman–Crippen LogP) is 5.61. The summed E-state index contributed by atoms with van der Waals surface area (Å²) in [6, 6.07) is 15.0. The summed E-state index contributed by atoms with van der Waals surface area (Å²) in [5, 5.41) is 1.67. The van der Waals surface area contributed by atoms with E-state index in [0.29, 0.717) is 34.1 Å². The number of urea groups is 1. The highest BCUT2D eigenvalue weighted by molar-refractivity contribution is 6.42. The first-order valence-corrected chi connectivity index (χ1v) is 11.1. The minimum absolute atomic E-state index is 0.271. The molecule has 1 N–H and O–H groups in total. The highest BCUT2D eigenvalue weighted by Crippen LogP contribution is 2.37. The Morgan fingerprint density at radius 2 is 1.70 bits per heavy atom. The number of hydrogen-bond acceptors (Lipinski definition) is 5. The number of barbiturate groups is 1. The molecule has 1 saturated heterocycles. The molecular weight excluding hydrogens is 513 g/mol. The lowest BCUT2D eigenvalue weighted by atomic mass is 10.1. The maximum atomic E-state index is 13.2. The van der Waals surface area contributed by atoms with Crippen molar-refractivity contribution in [2.45, 2.75) is 12.8 Å². The summed E-state index contributed by atoms with van der Waals surface area (Å²) in [5.74, 6) is -1.45. The second kappa shape index (κ2) is 10.4. The van der Waals surface area contributed by atoms with Gasteiger partial charge < -0.3 is 9.47 Å². The Morgan fingerprint density at radius 1 is 0.973 bits per heavy atom. The molecule has 4 amide bonds. The van der Waals surface area contributed by atoms with Crippen LogP contribution in [0.4, 0.5) is 23.7 Å². The first-order valence-electron chi connectivity index (χ1n) is 10.7. The highest BCUT2D eigenvalue weighted by atomic mass is 35.5. The zero-order valence-electron chi connectivity index (χ0n) is 19.1. The summed E-state index contributed by atoms with van der Waals surface area (Å²) in [5.41, 5.74) is -0.858. The van der Waals surface area contributed by atoms with Crippen LogP contribution in [-0.2, 0) is 22.4 Å². The number of alkyl halides is 3. The fraction of sp³-hybridized carbons (Fsp3) is 0.115. The maximum Gasteiger partial charge on any atom is 0.416 e. The summed E-state index contributed by atoms with van der Waals surface area (Å²) in [6.45, 7) is 0.271. The molecule has 3 aromatic carbocycles. The van der Waals surface area contributed by atoms with Gasteiger partial charge in [-0.3, -0.25) is 14.9 Å². The lowest BCUT2D eigenvalue weighted by molar-refractivity contribution is -0.137. The summed E-state index contributed by atoms with van der Waals surface area (Å²) < 4.78 is 50.8.